The highest BCUT2D eigenvalue weighted by atomic mass is 16.6. The number of hydrogen-bond donors (Lipinski definition) is 1. The maximum absolute atomic E-state index is 12.0. The minimum Gasteiger partial charge on any atom is -0.496 e. The van der Waals surface area contributed by atoms with E-state index in [-0.39, 0.29) is 18.0 Å². The van der Waals surface area contributed by atoms with Gasteiger partial charge in [-0.1, -0.05) is 11.1 Å². The van der Waals surface area contributed by atoms with E-state index in [9.17, 15) is 25.0 Å². The van der Waals surface area contributed by atoms with E-state index in [0.717, 1.165) is 0 Å². The number of hydrogen-bond acceptors (Lipinski definition) is 10. The van der Waals surface area contributed by atoms with Crippen molar-refractivity contribution < 1.29 is 24.1 Å². The maximum atomic E-state index is 12.0. The van der Waals surface area contributed by atoms with E-state index in [1.165, 1.54) is 36.5 Å². The van der Waals surface area contributed by atoms with Gasteiger partial charge in [-0.2, -0.15) is 9.78 Å². The summed E-state index contributed by atoms with van der Waals surface area (Å²) in [5.74, 6) is -0.636. The Hall–Kier alpha value is -4.88. The van der Waals surface area contributed by atoms with Crippen molar-refractivity contribution in [2.24, 2.45) is 5.10 Å². The summed E-state index contributed by atoms with van der Waals surface area (Å²) < 4.78 is 11.8. The van der Waals surface area contributed by atoms with Gasteiger partial charge in [0.25, 0.3) is 5.91 Å². The van der Waals surface area contributed by atoms with Gasteiger partial charge in [0, 0.05) is 16.7 Å². The molecule has 0 fully saturated rings. The van der Waals surface area contributed by atoms with Crippen molar-refractivity contribution in [2.75, 3.05) is 13.7 Å². The Morgan fingerprint density at radius 3 is 2.62 bits per heavy atom. The Labute approximate surface area is 192 Å². The van der Waals surface area contributed by atoms with E-state index < -0.39 is 28.3 Å². The summed E-state index contributed by atoms with van der Waals surface area (Å²) in [6.07, 6.45) is 2.61. The topological polar surface area (TPSA) is 177 Å². The SMILES string of the molecule is COc1ccc(/C=N\NC(=O)COc2ccc(C)cc2[N+](=O)[O-])cc1Cn1cnc([N+](=O)[O-])n1. The lowest BCUT2D eigenvalue weighted by Crippen LogP contribution is -2.24. The average molecular weight is 469 g/mol. The normalized spacial score (nSPS) is 10.8. The van der Waals surface area contributed by atoms with Crippen molar-refractivity contribution in [1.29, 1.82) is 0 Å². The monoisotopic (exact) mass is 469 g/mol. The fraction of sp³-hybridized carbons (Fsp3) is 0.200. The van der Waals surface area contributed by atoms with Crippen LogP contribution < -0.4 is 14.9 Å². The minimum atomic E-state index is -0.694. The molecule has 1 aromatic heterocycles. The van der Waals surface area contributed by atoms with Crippen LogP contribution in [0.3, 0.4) is 0 Å². The molecule has 0 saturated heterocycles. The van der Waals surface area contributed by atoms with Gasteiger partial charge < -0.3 is 19.6 Å². The number of nitro benzene ring substituents is 1. The van der Waals surface area contributed by atoms with Gasteiger partial charge >= 0.3 is 11.6 Å². The smallest absolute Gasteiger partial charge is 0.490 e. The number of carbonyl (C=O) groups excluding carboxylic acids is 1. The van der Waals surface area contributed by atoms with Gasteiger partial charge in [0.05, 0.1) is 24.8 Å². The van der Waals surface area contributed by atoms with Gasteiger partial charge in [-0.05, 0) is 47.2 Å². The molecule has 14 nitrogen and oxygen atoms in total. The first kappa shape index (κ1) is 23.8. The Morgan fingerprint density at radius 1 is 1.18 bits per heavy atom. The van der Waals surface area contributed by atoms with Crippen LogP contribution in [0, 0.1) is 27.2 Å². The van der Waals surface area contributed by atoms with Gasteiger partial charge in [-0.25, -0.2) is 5.43 Å². The quantitative estimate of drug-likeness (QED) is 0.264. The molecule has 3 rings (SSSR count). The van der Waals surface area contributed by atoms with Crippen LogP contribution in [-0.4, -0.2) is 50.4 Å². The van der Waals surface area contributed by atoms with Crippen LogP contribution in [0.4, 0.5) is 11.6 Å². The Bertz CT molecular complexity index is 1260. The molecule has 176 valence electrons. The third kappa shape index (κ3) is 6.09. The molecule has 0 bridgehead atoms. The molecule has 34 heavy (non-hydrogen) atoms. The summed E-state index contributed by atoms with van der Waals surface area (Å²) >= 11 is 0. The second kappa shape index (κ2) is 10.6. The molecule has 0 saturated carbocycles. The van der Waals surface area contributed by atoms with Crippen molar-refractivity contribution in [3.63, 3.8) is 0 Å². The van der Waals surface area contributed by atoms with Crippen molar-refractivity contribution in [3.05, 3.63) is 79.6 Å². The number of aryl methyl sites for hydroxylation is 1. The molecule has 2 aromatic carbocycles. The van der Waals surface area contributed by atoms with Crippen LogP contribution in [0.2, 0.25) is 0 Å². The third-order valence-electron chi connectivity index (χ3n) is 4.40. The number of hydrazone groups is 1. The van der Waals surface area contributed by atoms with E-state index in [4.69, 9.17) is 9.47 Å². The van der Waals surface area contributed by atoms with Crippen LogP contribution in [0.1, 0.15) is 16.7 Å². The molecule has 0 radical (unpaired) electrons. The highest BCUT2D eigenvalue weighted by molar-refractivity contribution is 5.83. The van der Waals surface area contributed by atoms with E-state index in [1.54, 1.807) is 31.2 Å². The van der Waals surface area contributed by atoms with Crippen LogP contribution in [-0.2, 0) is 11.3 Å². The first-order valence-electron chi connectivity index (χ1n) is 9.67. The molecular formula is C20H19N7O7. The number of nitrogens with zero attached hydrogens (tertiary/aromatic N) is 6. The zero-order chi connectivity index (χ0) is 24.7. The van der Waals surface area contributed by atoms with Gasteiger partial charge in [0.2, 0.25) is 6.33 Å². The van der Waals surface area contributed by atoms with Gasteiger partial charge in [0.15, 0.2) is 12.4 Å². The zero-order valence-electron chi connectivity index (χ0n) is 18.1. The summed E-state index contributed by atoms with van der Waals surface area (Å²) in [6, 6.07) is 9.47. The molecule has 1 heterocycles. The molecule has 0 aliphatic carbocycles. The lowest BCUT2D eigenvalue weighted by molar-refractivity contribution is -0.394. The van der Waals surface area contributed by atoms with Gasteiger partial charge in [-0.3, -0.25) is 14.9 Å². The number of nitrogens with one attached hydrogen (secondary N) is 1. The summed E-state index contributed by atoms with van der Waals surface area (Å²) in [7, 11) is 1.48. The van der Waals surface area contributed by atoms with Crippen molar-refractivity contribution in [3.8, 4) is 11.5 Å². The summed E-state index contributed by atoms with van der Waals surface area (Å²) in [5.41, 5.74) is 3.97. The summed E-state index contributed by atoms with van der Waals surface area (Å²) in [6.45, 7) is 1.39. The fourth-order valence-electron chi connectivity index (χ4n) is 2.87. The zero-order valence-corrected chi connectivity index (χ0v) is 18.1. The van der Waals surface area contributed by atoms with E-state index in [1.807, 2.05) is 0 Å². The predicted molar refractivity (Wildman–Crippen MR) is 118 cm³/mol. The van der Waals surface area contributed by atoms with Crippen molar-refractivity contribution in [2.45, 2.75) is 13.5 Å². The van der Waals surface area contributed by atoms with Gasteiger partial charge in [0.1, 0.15) is 5.75 Å². The summed E-state index contributed by atoms with van der Waals surface area (Å²) in [5, 5.41) is 29.5. The molecule has 0 aliphatic rings. The van der Waals surface area contributed by atoms with Crippen LogP contribution in [0.5, 0.6) is 11.5 Å². The third-order valence-corrected chi connectivity index (χ3v) is 4.40. The van der Waals surface area contributed by atoms with E-state index in [0.29, 0.717) is 22.4 Å². The van der Waals surface area contributed by atoms with Crippen LogP contribution in [0.15, 0.2) is 47.8 Å². The van der Waals surface area contributed by atoms with Crippen LogP contribution in [0.25, 0.3) is 0 Å². The Morgan fingerprint density at radius 2 is 1.94 bits per heavy atom. The number of amides is 1. The maximum Gasteiger partial charge on any atom is 0.490 e. The van der Waals surface area contributed by atoms with Crippen LogP contribution >= 0.6 is 0 Å². The second-order valence-electron chi connectivity index (χ2n) is 6.88. The molecule has 0 aliphatic heterocycles. The second-order valence-corrected chi connectivity index (χ2v) is 6.88. The minimum absolute atomic E-state index is 0.0251. The number of ether oxygens (including phenoxy) is 2. The average Bonchev–Trinajstić information content (AvgIpc) is 3.27. The highest BCUT2D eigenvalue weighted by Gasteiger charge is 2.17. The highest BCUT2D eigenvalue weighted by Crippen LogP contribution is 2.27. The van der Waals surface area contributed by atoms with E-state index in [2.05, 4.69) is 20.6 Å². The predicted octanol–water partition coefficient (Wildman–Crippen LogP) is 1.99. The standard InChI is InChI=1S/C20H19N7O7/c1-13-3-5-18(16(7-13)26(29)30)34-11-19(28)23-22-9-14-4-6-17(33-2)15(8-14)10-25-12-21-20(24-25)27(31)32/h3-9,12H,10-11H2,1-2H3,(H,23,28)/b22-9-. The first-order chi connectivity index (χ1) is 16.3. The number of methoxy groups -OCH3 is 1. The number of nitro groups is 2. The largest absolute Gasteiger partial charge is 0.496 e. The molecular weight excluding hydrogens is 450 g/mol. The van der Waals surface area contributed by atoms with Crippen molar-refractivity contribution in [1.82, 2.24) is 20.2 Å². The molecule has 0 atom stereocenters. The Balaban J connectivity index is 1.62. The van der Waals surface area contributed by atoms with E-state index >= 15 is 0 Å². The molecule has 14 heteroatoms. The number of aromatic nitrogens is 3. The summed E-state index contributed by atoms with van der Waals surface area (Å²) in [4.78, 5) is 36.2. The molecule has 3 aromatic rings. The number of carbonyl (C=O) groups is 1. The lowest BCUT2D eigenvalue weighted by Gasteiger charge is -2.08. The first-order valence-corrected chi connectivity index (χ1v) is 9.67. The molecule has 1 N–H and O–H groups in total. The number of benzene rings is 2. The fourth-order valence-corrected chi connectivity index (χ4v) is 2.87. The van der Waals surface area contributed by atoms with Crippen molar-refractivity contribution >= 4 is 23.8 Å². The Kier molecular flexibility index (Phi) is 7.43. The lowest BCUT2D eigenvalue weighted by atomic mass is 10.1. The molecule has 0 unspecified atom stereocenters. The number of rotatable bonds is 10. The molecule has 0 spiro atoms. The molecule has 1 amide bonds. The van der Waals surface area contributed by atoms with Gasteiger partial charge in [-0.15, -0.1) is 0 Å².